The fourth-order valence-electron chi connectivity index (χ4n) is 2.90. The summed E-state index contributed by atoms with van der Waals surface area (Å²) in [6, 6.07) is 11.8. The summed E-state index contributed by atoms with van der Waals surface area (Å²) < 4.78 is 11.5. The Bertz CT molecular complexity index is 831. The van der Waals surface area contributed by atoms with Gasteiger partial charge in [0.05, 0.1) is 19.4 Å². The number of nitrogens with zero attached hydrogens (tertiary/aromatic N) is 1. The number of amides is 1. The van der Waals surface area contributed by atoms with Gasteiger partial charge in [-0.1, -0.05) is 17.7 Å². The minimum atomic E-state index is -0.226. The summed E-state index contributed by atoms with van der Waals surface area (Å²) in [5, 5.41) is 7.12. The van der Waals surface area contributed by atoms with E-state index in [0.29, 0.717) is 6.61 Å². The summed E-state index contributed by atoms with van der Waals surface area (Å²) in [4.78, 5) is 12.0. The van der Waals surface area contributed by atoms with Gasteiger partial charge in [0, 0.05) is 23.2 Å². The maximum absolute atomic E-state index is 12.0. The lowest BCUT2D eigenvalue weighted by atomic mass is 10.1. The van der Waals surface area contributed by atoms with Gasteiger partial charge in [0.25, 0.3) is 5.91 Å². The smallest absolute Gasteiger partial charge is 0.259 e. The molecule has 0 bridgehead atoms. The number of hydrogen-bond donors (Lipinski definition) is 2. The molecule has 0 saturated heterocycles. The molecule has 6 heteroatoms. The molecule has 1 atom stereocenters. The van der Waals surface area contributed by atoms with E-state index < -0.39 is 0 Å². The third-order valence-corrected chi connectivity index (χ3v) is 4.23. The number of ether oxygens (including phenoxy) is 2. The summed E-state index contributed by atoms with van der Waals surface area (Å²) >= 11 is 0. The van der Waals surface area contributed by atoms with Gasteiger partial charge in [-0.25, -0.2) is 5.43 Å². The zero-order valence-electron chi connectivity index (χ0n) is 15.9. The first-order chi connectivity index (χ1) is 13.0. The van der Waals surface area contributed by atoms with Crippen molar-refractivity contribution in [3.05, 3.63) is 53.1 Å². The van der Waals surface area contributed by atoms with Crippen molar-refractivity contribution in [2.75, 3.05) is 18.5 Å². The van der Waals surface area contributed by atoms with Crippen LogP contribution in [0.15, 0.2) is 41.5 Å². The molecule has 0 radical (unpaired) electrons. The zero-order chi connectivity index (χ0) is 19.2. The summed E-state index contributed by atoms with van der Waals surface area (Å²) in [5.41, 5.74) is 6.50. The van der Waals surface area contributed by atoms with E-state index in [4.69, 9.17) is 9.47 Å². The van der Waals surface area contributed by atoms with E-state index in [-0.39, 0.29) is 18.6 Å². The zero-order valence-corrected chi connectivity index (χ0v) is 15.9. The van der Waals surface area contributed by atoms with Crippen LogP contribution in [0, 0.1) is 6.92 Å². The van der Waals surface area contributed by atoms with Gasteiger partial charge in [-0.15, -0.1) is 0 Å². The Morgan fingerprint density at radius 2 is 2.11 bits per heavy atom. The molecule has 2 aromatic rings. The topological polar surface area (TPSA) is 72.0 Å². The summed E-state index contributed by atoms with van der Waals surface area (Å²) in [5.74, 6) is 1.36. The van der Waals surface area contributed by atoms with Crippen LogP contribution in [0.25, 0.3) is 0 Å². The highest BCUT2D eigenvalue weighted by atomic mass is 16.5. The van der Waals surface area contributed by atoms with Gasteiger partial charge in [-0.05, 0) is 45.0 Å². The van der Waals surface area contributed by atoms with E-state index in [9.17, 15) is 4.79 Å². The number of rotatable bonds is 7. The Hall–Kier alpha value is -3.02. The van der Waals surface area contributed by atoms with Gasteiger partial charge in [-0.3, -0.25) is 4.79 Å². The van der Waals surface area contributed by atoms with E-state index in [1.807, 2.05) is 57.2 Å². The molecule has 6 nitrogen and oxygen atoms in total. The minimum absolute atomic E-state index is 0.142. The average Bonchev–Trinajstić information content (AvgIpc) is 3.00. The Labute approximate surface area is 159 Å². The molecule has 2 N–H and O–H groups in total. The van der Waals surface area contributed by atoms with Crippen molar-refractivity contribution < 1.29 is 14.3 Å². The van der Waals surface area contributed by atoms with Gasteiger partial charge >= 0.3 is 0 Å². The molecule has 0 unspecified atom stereocenters. The number of hydrazone groups is 1. The first-order valence-electron chi connectivity index (χ1n) is 9.14. The molecule has 142 valence electrons. The third kappa shape index (κ3) is 5.00. The normalized spacial score (nSPS) is 15.3. The van der Waals surface area contributed by atoms with Crippen LogP contribution in [0.4, 0.5) is 5.69 Å². The second-order valence-electron chi connectivity index (χ2n) is 6.58. The van der Waals surface area contributed by atoms with E-state index in [2.05, 4.69) is 15.8 Å². The maximum atomic E-state index is 12.0. The monoisotopic (exact) mass is 367 g/mol. The maximum Gasteiger partial charge on any atom is 0.259 e. The lowest BCUT2D eigenvalue weighted by molar-refractivity contribution is -0.119. The SMILES string of the molecule is CCOc1cc2c(cc1/C=N\NC(=O)CNc1ccc(C)cc1)O[C@H](C)C2. The molecule has 3 rings (SSSR count). The molecule has 0 spiro atoms. The fraction of sp³-hybridized carbons (Fsp3) is 0.333. The van der Waals surface area contributed by atoms with Crippen molar-refractivity contribution in [1.29, 1.82) is 0 Å². The largest absolute Gasteiger partial charge is 0.493 e. The van der Waals surface area contributed by atoms with Crippen LogP contribution in [-0.2, 0) is 11.2 Å². The lowest BCUT2D eigenvalue weighted by Crippen LogP contribution is -2.25. The molecule has 0 aliphatic carbocycles. The first-order valence-corrected chi connectivity index (χ1v) is 9.14. The number of anilines is 1. The van der Waals surface area contributed by atoms with Crippen LogP contribution in [0.1, 0.15) is 30.5 Å². The second-order valence-corrected chi connectivity index (χ2v) is 6.58. The first kappa shape index (κ1) is 18.8. The van der Waals surface area contributed by atoms with Crippen molar-refractivity contribution >= 4 is 17.8 Å². The second kappa shape index (κ2) is 8.58. The molecule has 1 aliphatic heterocycles. The number of aryl methyl sites for hydroxylation is 1. The minimum Gasteiger partial charge on any atom is -0.493 e. The standard InChI is InChI=1S/C21H25N3O3/c1-4-26-19-10-16-9-15(3)27-20(16)11-17(19)12-23-24-21(25)13-22-18-7-5-14(2)6-8-18/h5-8,10-12,15,22H,4,9,13H2,1-3H3,(H,24,25)/b23-12-/t15-/m1/s1. The molecule has 0 saturated carbocycles. The van der Waals surface area contributed by atoms with Crippen LogP contribution in [-0.4, -0.2) is 31.4 Å². The van der Waals surface area contributed by atoms with Crippen LogP contribution >= 0.6 is 0 Å². The Balaban J connectivity index is 1.59. The lowest BCUT2D eigenvalue weighted by Gasteiger charge is -2.09. The molecule has 0 aromatic heterocycles. The van der Waals surface area contributed by atoms with E-state index >= 15 is 0 Å². The van der Waals surface area contributed by atoms with Crippen molar-refractivity contribution in [3.63, 3.8) is 0 Å². The Morgan fingerprint density at radius 3 is 2.85 bits per heavy atom. The quantitative estimate of drug-likeness (QED) is 0.582. The van der Waals surface area contributed by atoms with Crippen LogP contribution in [0.2, 0.25) is 0 Å². The van der Waals surface area contributed by atoms with Crippen LogP contribution in [0.5, 0.6) is 11.5 Å². The van der Waals surface area contributed by atoms with E-state index in [0.717, 1.165) is 34.7 Å². The molecule has 1 amide bonds. The van der Waals surface area contributed by atoms with E-state index in [1.54, 1.807) is 6.21 Å². The average molecular weight is 367 g/mol. The predicted octanol–water partition coefficient (Wildman–Crippen LogP) is 3.28. The number of hydrogen-bond acceptors (Lipinski definition) is 5. The number of carbonyl (C=O) groups excluding carboxylic acids is 1. The van der Waals surface area contributed by atoms with Gasteiger partial charge < -0.3 is 14.8 Å². The fourth-order valence-corrected chi connectivity index (χ4v) is 2.90. The molecule has 1 heterocycles. The Kier molecular flexibility index (Phi) is 5.96. The van der Waals surface area contributed by atoms with Crippen molar-refractivity contribution in [1.82, 2.24) is 5.43 Å². The highest BCUT2D eigenvalue weighted by Gasteiger charge is 2.21. The van der Waals surface area contributed by atoms with Crippen molar-refractivity contribution in [3.8, 4) is 11.5 Å². The molecule has 1 aliphatic rings. The molecule has 27 heavy (non-hydrogen) atoms. The van der Waals surface area contributed by atoms with Gasteiger partial charge in [0.1, 0.15) is 17.6 Å². The van der Waals surface area contributed by atoms with Crippen molar-refractivity contribution in [2.24, 2.45) is 5.10 Å². The van der Waals surface area contributed by atoms with Crippen LogP contribution in [0.3, 0.4) is 0 Å². The molecule has 0 fully saturated rings. The number of carbonyl (C=O) groups is 1. The van der Waals surface area contributed by atoms with Gasteiger partial charge in [0.15, 0.2) is 0 Å². The summed E-state index contributed by atoms with van der Waals surface area (Å²) in [7, 11) is 0. The molecule has 2 aromatic carbocycles. The summed E-state index contributed by atoms with van der Waals surface area (Å²) in [6.07, 6.45) is 2.62. The number of fused-ring (bicyclic) bond motifs is 1. The highest BCUT2D eigenvalue weighted by molar-refractivity contribution is 5.87. The Morgan fingerprint density at radius 1 is 1.33 bits per heavy atom. The van der Waals surface area contributed by atoms with Crippen LogP contribution < -0.4 is 20.2 Å². The highest BCUT2D eigenvalue weighted by Crippen LogP contribution is 2.34. The third-order valence-electron chi connectivity index (χ3n) is 4.23. The van der Waals surface area contributed by atoms with Gasteiger partial charge in [-0.2, -0.15) is 5.10 Å². The summed E-state index contributed by atoms with van der Waals surface area (Å²) in [6.45, 7) is 6.69. The molecular formula is C21H25N3O3. The van der Waals surface area contributed by atoms with E-state index in [1.165, 1.54) is 5.56 Å². The van der Waals surface area contributed by atoms with Crippen molar-refractivity contribution in [2.45, 2.75) is 33.3 Å². The number of nitrogens with one attached hydrogen (secondary N) is 2. The van der Waals surface area contributed by atoms with Gasteiger partial charge in [0.2, 0.25) is 0 Å². The predicted molar refractivity (Wildman–Crippen MR) is 107 cm³/mol. The molecular weight excluding hydrogens is 342 g/mol. The number of benzene rings is 2.